The summed E-state index contributed by atoms with van der Waals surface area (Å²) in [6.07, 6.45) is 0.830. The number of hydrogen-bond acceptors (Lipinski definition) is 6. The van der Waals surface area contributed by atoms with E-state index in [1.807, 2.05) is 42.5 Å². The Morgan fingerprint density at radius 3 is 2.67 bits per heavy atom. The number of nitrogens with zero attached hydrogens (tertiary/aromatic N) is 4. The topological polar surface area (TPSA) is 102 Å². The van der Waals surface area contributed by atoms with E-state index >= 15 is 0 Å². The number of aromatic hydroxyl groups is 1. The summed E-state index contributed by atoms with van der Waals surface area (Å²) < 4.78 is 6.05. The normalized spacial score (nSPS) is 17.7. The van der Waals surface area contributed by atoms with Crippen molar-refractivity contribution in [2.45, 2.75) is 6.54 Å². The van der Waals surface area contributed by atoms with Crippen molar-refractivity contribution in [1.82, 2.24) is 9.80 Å². The Kier molecular flexibility index (Phi) is 4.48. The van der Waals surface area contributed by atoms with Gasteiger partial charge >= 0.3 is 6.09 Å². The van der Waals surface area contributed by atoms with Gasteiger partial charge in [0, 0.05) is 49.9 Å². The van der Waals surface area contributed by atoms with Crippen molar-refractivity contribution < 1.29 is 19.4 Å². The summed E-state index contributed by atoms with van der Waals surface area (Å²) in [7, 11) is 0. The second-order valence-electron chi connectivity index (χ2n) is 7.40. The number of benzene rings is 2. The van der Waals surface area contributed by atoms with Gasteiger partial charge in [-0.05, 0) is 12.1 Å². The van der Waals surface area contributed by atoms with E-state index < -0.39 is 6.09 Å². The molecular weight excluding hydrogens is 384 g/mol. The van der Waals surface area contributed by atoms with Crippen molar-refractivity contribution in [3.8, 4) is 5.75 Å². The molecule has 1 amide bonds. The summed E-state index contributed by atoms with van der Waals surface area (Å²) >= 11 is 0. The van der Waals surface area contributed by atoms with Crippen LogP contribution in [-0.4, -0.2) is 52.3 Å². The first-order valence-electron chi connectivity index (χ1n) is 9.76. The molecule has 0 atom stereocenters. The third-order valence-corrected chi connectivity index (χ3v) is 5.55. The minimum absolute atomic E-state index is 0.0784. The standard InChI is InChI=1S/C22H20N4O4/c27-20-16-6-3-4-14(13-25-8-10-26(11-9-25)22(28)29)21(16)30-19(20)12-18-15-5-1-2-7-17(15)23-24-18/h1-7,12,27H,8-11,13H2,(H,28,29). The van der Waals surface area contributed by atoms with E-state index in [-0.39, 0.29) is 5.75 Å². The Morgan fingerprint density at radius 1 is 1.07 bits per heavy atom. The smallest absolute Gasteiger partial charge is 0.407 e. The monoisotopic (exact) mass is 404 g/mol. The number of fused-ring (bicyclic) bond motifs is 2. The minimum Gasteiger partial charge on any atom is -0.504 e. The zero-order valence-corrected chi connectivity index (χ0v) is 16.2. The van der Waals surface area contributed by atoms with Crippen LogP contribution in [0.2, 0.25) is 0 Å². The molecule has 0 saturated carbocycles. The van der Waals surface area contributed by atoms with Gasteiger partial charge in [-0.25, -0.2) is 4.79 Å². The molecule has 2 N–H and O–H groups in total. The summed E-state index contributed by atoms with van der Waals surface area (Å²) in [6.45, 7) is 2.90. The van der Waals surface area contributed by atoms with Gasteiger partial charge in [-0.15, -0.1) is 10.2 Å². The van der Waals surface area contributed by atoms with Crippen molar-refractivity contribution in [3.05, 3.63) is 59.4 Å². The first kappa shape index (κ1) is 18.4. The Hall–Kier alpha value is -3.65. The van der Waals surface area contributed by atoms with Gasteiger partial charge in [-0.1, -0.05) is 30.3 Å². The second-order valence-corrected chi connectivity index (χ2v) is 7.40. The van der Waals surface area contributed by atoms with Gasteiger partial charge in [0.1, 0.15) is 5.58 Å². The first-order valence-corrected chi connectivity index (χ1v) is 9.76. The lowest BCUT2D eigenvalue weighted by molar-refractivity contribution is 0.103. The highest BCUT2D eigenvalue weighted by atomic mass is 16.4. The lowest BCUT2D eigenvalue weighted by atomic mass is 10.1. The fourth-order valence-corrected chi connectivity index (χ4v) is 3.91. The molecule has 0 bridgehead atoms. The summed E-state index contributed by atoms with van der Waals surface area (Å²) in [5.41, 5.74) is 3.91. The maximum absolute atomic E-state index is 11.1. The van der Waals surface area contributed by atoms with Crippen LogP contribution in [0.1, 0.15) is 16.9 Å². The molecule has 8 heteroatoms. The molecule has 3 heterocycles. The van der Waals surface area contributed by atoms with Gasteiger partial charge in [0.05, 0.1) is 16.8 Å². The molecule has 1 fully saturated rings. The van der Waals surface area contributed by atoms with Crippen molar-refractivity contribution in [2.75, 3.05) is 26.2 Å². The maximum Gasteiger partial charge on any atom is 0.407 e. The van der Waals surface area contributed by atoms with Crippen LogP contribution >= 0.6 is 0 Å². The molecule has 5 rings (SSSR count). The van der Waals surface area contributed by atoms with E-state index in [1.54, 1.807) is 6.08 Å². The number of carboxylic acid groups (broad SMARTS) is 1. The van der Waals surface area contributed by atoms with Crippen molar-refractivity contribution in [1.29, 1.82) is 0 Å². The van der Waals surface area contributed by atoms with Crippen molar-refractivity contribution >= 4 is 34.5 Å². The van der Waals surface area contributed by atoms with E-state index in [0.29, 0.717) is 55.2 Å². The summed E-state index contributed by atoms with van der Waals surface area (Å²) in [5, 5.41) is 28.8. The van der Waals surface area contributed by atoms with Gasteiger partial charge < -0.3 is 19.5 Å². The molecule has 152 valence electrons. The third kappa shape index (κ3) is 3.21. The predicted molar refractivity (Wildman–Crippen MR) is 112 cm³/mol. The maximum atomic E-state index is 11.1. The van der Waals surface area contributed by atoms with E-state index in [0.717, 1.165) is 16.8 Å². The molecule has 0 unspecified atom stereocenters. The number of carbonyl (C=O) groups is 1. The first-order chi connectivity index (χ1) is 14.6. The number of furan rings is 1. The number of amides is 1. The molecule has 2 aliphatic rings. The molecule has 0 radical (unpaired) electrons. The predicted octanol–water partition coefficient (Wildman–Crippen LogP) is 4.53. The summed E-state index contributed by atoms with van der Waals surface area (Å²) in [5.74, 6) is 0.424. The molecule has 1 aromatic heterocycles. The summed E-state index contributed by atoms with van der Waals surface area (Å²) in [4.78, 5) is 14.7. The van der Waals surface area contributed by atoms with Crippen LogP contribution in [0.4, 0.5) is 10.5 Å². The molecule has 3 aromatic rings. The number of piperazine rings is 1. The molecule has 2 aromatic carbocycles. The molecule has 2 aliphatic heterocycles. The van der Waals surface area contributed by atoms with E-state index in [1.165, 1.54) is 4.90 Å². The molecule has 8 nitrogen and oxygen atoms in total. The van der Waals surface area contributed by atoms with Crippen LogP contribution in [0, 0.1) is 0 Å². The van der Waals surface area contributed by atoms with Gasteiger partial charge in [0.25, 0.3) is 0 Å². The number of azo groups is 1. The lowest BCUT2D eigenvalue weighted by Gasteiger charge is -2.33. The molecule has 1 saturated heterocycles. The van der Waals surface area contributed by atoms with Gasteiger partial charge in [0.2, 0.25) is 0 Å². The van der Waals surface area contributed by atoms with Gasteiger partial charge in [0.15, 0.2) is 11.5 Å². The van der Waals surface area contributed by atoms with Crippen LogP contribution in [0.15, 0.2) is 57.1 Å². The van der Waals surface area contributed by atoms with Crippen LogP contribution in [0.5, 0.6) is 5.75 Å². The molecule has 0 aliphatic carbocycles. The average molecular weight is 404 g/mol. The average Bonchev–Trinajstić information content (AvgIpc) is 3.31. The van der Waals surface area contributed by atoms with Crippen LogP contribution < -0.4 is 0 Å². The highest BCUT2D eigenvalue weighted by molar-refractivity contribution is 5.94. The van der Waals surface area contributed by atoms with Crippen LogP contribution in [0.3, 0.4) is 0 Å². The Labute approximate surface area is 172 Å². The summed E-state index contributed by atoms with van der Waals surface area (Å²) in [6, 6.07) is 13.3. The SMILES string of the molecule is O=C(O)N1CCN(Cc2cccc3c(O)c(C=C4N=Nc5ccccc54)oc23)CC1. The largest absolute Gasteiger partial charge is 0.504 e. The molecular formula is C22H20N4O4. The third-order valence-electron chi connectivity index (χ3n) is 5.55. The fraction of sp³-hybridized carbons (Fsp3) is 0.227. The Balaban J connectivity index is 1.44. The van der Waals surface area contributed by atoms with Gasteiger partial charge in [-0.2, -0.15) is 0 Å². The second kappa shape index (κ2) is 7.31. The highest BCUT2D eigenvalue weighted by Gasteiger charge is 2.23. The highest BCUT2D eigenvalue weighted by Crippen LogP contribution is 2.40. The van der Waals surface area contributed by atoms with Crippen molar-refractivity contribution in [2.24, 2.45) is 10.2 Å². The quantitative estimate of drug-likeness (QED) is 0.668. The zero-order valence-electron chi connectivity index (χ0n) is 16.2. The lowest BCUT2D eigenvalue weighted by Crippen LogP contribution is -2.47. The van der Waals surface area contributed by atoms with Crippen LogP contribution in [-0.2, 0) is 6.54 Å². The zero-order chi connectivity index (χ0) is 20.7. The van der Waals surface area contributed by atoms with E-state index in [4.69, 9.17) is 9.52 Å². The number of hydrogen-bond donors (Lipinski definition) is 2. The number of para-hydroxylation sites is 1. The Morgan fingerprint density at radius 2 is 1.87 bits per heavy atom. The fourth-order valence-electron chi connectivity index (χ4n) is 3.91. The van der Waals surface area contributed by atoms with E-state index in [2.05, 4.69) is 15.1 Å². The van der Waals surface area contributed by atoms with Crippen molar-refractivity contribution in [3.63, 3.8) is 0 Å². The molecule has 0 spiro atoms. The Bertz CT molecular complexity index is 1190. The molecule has 30 heavy (non-hydrogen) atoms. The van der Waals surface area contributed by atoms with Gasteiger partial charge in [-0.3, -0.25) is 4.90 Å². The number of rotatable bonds is 3. The minimum atomic E-state index is -0.879. The van der Waals surface area contributed by atoms with Crippen LogP contribution in [0.25, 0.3) is 22.7 Å². The van der Waals surface area contributed by atoms with E-state index in [9.17, 15) is 9.90 Å².